The molecule has 14 heavy (non-hydrogen) atoms. The zero-order chi connectivity index (χ0) is 10.4. The van der Waals surface area contributed by atoms with E-state index >= 15 is 0 Å². The summed E-state index contributed by atoms with van der Waals surface area (Å²) in [4.78, 5) is 0. The first-order chi connectivity index (χ1) is 6.72. The van der Waals surface area contributed by atoms with E-state index in [0.717, 1.165) is 19.4 Å². The SMILES string of the molecule is CC1CC(CN)(OCCCO)CCO1. The molecule has 0 aromatic rings. The summed E-state index contributed by atoms with van der Waals surface area (Å²) in [5, 5.41) is 8.67. The van der Waals surface area contributed by atoms with Gasteiger partial charge in [-0.15, -0.1) is 0 Å². The molecule has 0 bridgehead atoms. The minimum atomic E-state index is -0.215. The first kappa shape index (κ1) is 11.9. The Morgan fingerprint density at radius 2 is 2.43 bits per heavy atom. The number of aliphatic hydroxyl groups excluding tert-OH is 1. The number of ether oxygens (including phenoxy) is 2. The molecule has 0 amide bonds. The molecule has 0 aromatic heterocycles. The molecule has 1 saturated heterocycles. The van der Waals surface area contributed by atoms with E-state index in [9.17, 15) is 0 Å². The van der Waals surface area contributed by atoms with Gasteiger partial charge in [-0.1, -0.05) is 0 Å². The van der Waals surface area contributed by atoms with Crippen molar-refractivity contribution in [2.45, 2.75) is 37.9 Å². The molecule has 2 unspecified atom stereocenters. The van der Waals surface area contributed by atoms with Crippen LogP contribution in [-0.4, -0.2) is 43.2 Å². The third kappa shape index (κ3) is 3.20. The Morgan fingerprint density at radius 3 is 3.00 bits per heavy atom. The standard InChI is InChI=1S/C10H21NO3/c1-9-7-10(8-11,3-6-13-9)14-5-2-4-12/h9,12H,2-8,11H2,1H3. The van der Waals surface area contributed by atoms with E-state index in [4.69, 9.17) is 20.3 Å². The van der Waals surface area contributed by atoms with Crippen LogP contribution in [0.25, 0.3) is 0 Å². The summed E-state index contributed by atoms with van der Waals surface area (Å²) in [5.74, 6) is 0. The molecule has 4 nitrogen and oxygen atoms in total. The summed E-state index contributed by atoms with van der Waals surface area (Å²) in [5.41, 5.74) is 5.52. The minimum absolute atomic E-state index is 0.173. The molecule has 0 aromatic carbocycles. The molecular formula is C10H21NO3. The molecule has 4 heteroatoms. The van der Waals surface area contributed by atoms with Gasteiger partial charge in [0, 0.05) is 39.2 Å². The van der Waals surface area contributed by atoms with Crippen molar-refractivity contribution in [3.8, 4) is 0 Å². The second-order valence-electron chi connectivity index (χ2n) is 3.95. The molecule has 1 aliphatic rings. The Balaban J connectivity index is 2.39. The lowest BCUT2D eigenvalue weighted by molar-refractivity contribution is -0.130. The van der Waals surface area contributed by atoms with Gasteiger partial charge < -0.3 is 20.3 Å². The maximum atomic E-state index is 8.67. The fraction of sp³-hybridized carbons (Fsp3) is 1.00. The quantitative estimate of drug-likeness (QED) is 0.630. The normalized spacial score (nSPS) is 33.2. The molecule has 1 heterocycles. The topological polar surface area (TPSA) is 64.7 Å². The van der Waals surface area contributed by atoms with Crippen LogP contribution in [0.4, 0.5) is 0 Å². The highest BCUT2D eigenvalue weighted by molar-refractivity contribution is 4.87. The highest BCUT2D eigenvalue weighted by Crippen LogP contribution is 2.27. The molecule has 3 N–H and O–H groups in total. The van der Waals surface area contributed by atoms with E-state index in [0.29, 0.717) is 19.6 Å². The van der Waals surface area contributed by atoms with E-state index in [1.165, 1.54) is 0 Å². The summed E-state index contributed by atoms with van der Waals surface area (Å²) < 4.78 is 11.2. The Labute approximate surface area is 85.4 Å². The van der Waals surface area contributed by atoms with Gasteiger partial charge in [-0.25, -0.2) is 0 Å². The van der Waals surface area contributed by atoms with Crippen LogP contribution in [0, 0.1) is 0 Å². The van der Waals surface area contributed by atoms with Gasteiger partial charge in [0.05, 0.1) is 11.7 Å². The van der Waals surface area contributed by atoms with Crippen LogP contribution in [0.15, 0.2) is 0 Å². The Hall–Kier alpha value is -0.160. The van der Waals surface area contributed by atoms with E-state index < -0.39 is 0 Å². The van der Waals surface area contributed by atoms with Crippen LogP contribution in [-0.2, 0) is 9.47 Å². The second-order valence-corrected chi connectivity index (χ2v) is 3.95. The Bertz CT molecular complexity index is 165. The molecule has 1 aliphatic heterocycles. The van der Waals surface area contributed by atoms with Crippen molar-refractivity contribution in [2.24, 2.45) is 5.73 Å². The molecule has 0 saturated carbocycles. The number of hydrogen-bond donors (Lipinski definition) is 2. The first-order valence-corrected chi connectivity index (χ1v) is 5.29. The van der Waals surface area contributed by atoms with E-state index in [1.807, 2.05) is 6.92 Å². The summed E-state index contributed by atoms with van der Waals surface area (Å²) in [6, 6.07) is 0. The molecule has 0 aliphatic carbocycles. The van der Waals surface area contributed by atoms with Crippen LogP contribution in [0.3, 0.4) is 0 Å². The number of rotatable bonds is 5. The maximum absolute atomic E-state index is 8.67. The Morgan fingerprint density at radius 1 is 1.64 bits per heavy atom. The predicted molar refractivity (Wildman–Crippen MR) is 54.1 cm³/mol. The molecule has 2 atom stereocenters. The molecule has 1 fully saturated rings. The number of nitrogens with two attached hydrogens (primary N) is 1. The van der Waals surface area contributed by atoms with Gasteiger partial charge in [-0.05, 0) is 13.3 Å². The van der Waals surface area contributed by atoms with E-state index in [1.54, 1.807) is 0 Å². The van der Waals surface area contributed by atoms with Crippen molar-refractivity contribution >= 4 is 0 Å². The lowest BCUT2D eigenvalue weighted by Gasteiger charge is -2.39. The first-order valence-electron chi connectivity index (χ1n) is 5.29. The van der Waals surface area contributed by atoms with Crippen molar-refractivity contribution < 1.29 is 14.6 Å². The van der Waals surface area contributed by atoms with Crippen molar-refractivity contribution in [1.82, 2.24) is 0 Å². The Kier molecular flexibility index (Phi) is 4.81. The fourth-order valence-corrected chi connectivity index (χ4v) is 1.86. The van der Waals surface area contributed by atoms with Gasteiger partial charge in [0.25, 0.3) is 0 Å². The van der Waals surface area contributed by atoms with Gasteiger partial charge in [0.2, 0.25) is 0 Å². The predicted octanol–water partition coefficient (Wildman–Crippen LogP) is 0.282. The lowest BCUT2D eigenvalue weighted by Crippen LogP contribution is -2.48. The summed E-state index contributed by atoms with van der Waals surface area (Å²) >= 11 is 0. The number of aliphatic hydroxyl groups is 1. The average molecular weight is 203 g/mol. The van der Waals surface area contributed by atoms with Crippen molar-refractivity contribution in [1.29, 1.82) is 0 Å². The second kappa shape index (κ2) is 5.66. The van der Waals surface area contributed by atoms with Crippen LogP contribution in [0.2, 0.25) is 0 Å². The largest absolute Gasteiger partial charge is 0.396 e. The zero-order valence-corrected chi connectivity index (χ0v) is 8.87. The number of hydrogen-bond acceptors (Lipinski definition) is 4. The highest BCUT2D eigenvalue weighted by Gasteiger charge is 2.35. The fourth-order valence-electron chi connectivity index (χ4n) is 1.86. The van der Waals surface area contributed by atoms with Gasteiger partial charge in [-0.2, -0.15) is 0 Å². The van der Waals surface area contributed by atoms with Gasteiger partial charge in [-0.3, -0.25) is 0 Å². The lowest BCUT2D eigenvalue weighted by atomic mass is 9.90. The third-order valence-electron chi connectivity index (χ3n) is 2.70. The molecule has 1 rings (SSSR count). The third-order valence-corrected chi connectivity index (χ3v) is 2.70. The monoisotopic (exact) mass is 203 g/mol. The van der Waals surface area contributed by atoms with Crippen molar-refractivity contribution in [3.63, 3.8) is 0 Å². The zero-order valence-electron chi connectivity index (χ0n) is 8.87. The van der Waals surface area contributed by atoms with Gasteiger partial charge >= 0.3 is 0 Å². The molecule has 84 valence electrons. The average Bonchev–Trinajstić information content (AvgIpc) is 2.18. The van der Waals surface area contributed by atoms with E-state index in [2.05, 4.69) is 0 Å². The van der Waals surface area contributed by atoms with Crippen molar-refractivity contribution in [2.75, 3.05) is 26.4 Å². The molecule has 0 spiro atoms. The summed E-state index contributed by atoms with van der Waals surface area (Å²) in [6.45, 7) is 4.05. The maximum Gasteiger partial charge on any atom is 0.0850 e. The van der Waals surface area contributed by atoms with Gasteiger partial charge in [0.1, 0.15) is 0 Å². The van der Waals surface area contributed by atoms with E-state index in [-0.39, 0.29) is 18.3 Å². The summed E-state index contributed by atoms with van der Waals surface area (Å²) in [7, 11) is 0. The highest BCUT2D eigenvalue weighted by atomic mass is 16.5. The van der Waals surface area contributed by atoms with Crippen LogP contribution in [0.1, 0.15) is 26.2 Å². The van der Waals surface area contributed by atoms with Gasteiger partial charge in [0.15, 0.2) is 0 Å². The van der Waals surface area contributed by atoms with Crippen LogP contribution < -0.4 is 5.73 Å². The minimum Gasteiger partial charge on any atom is -0.396 e. The summed E-state index contributed by atoms with van der Waals surface area (Å²) in [6.07, 6.45) is 2.62. The van der Waals surface area contributed by atoms with Crippen LogP contribution in [0.5, 0.6) is 0 Å². The molecule has 0 radical (unpaired) electrons. The smallest absolute Gasteiger partial charge is 0.0850 e. The van der Waals surface area contributed by atoms with Crippen LogP contribution >= 0.6 is 0 Å². The van der Waals surface area contributed by atoms with Crippen molar-refractivity contribution in [3.05, 3.63) is 0 Å². The molecular weight excluding hydrogens is 182 g/mol.